The fourth-order valence-electron chi connectivity index (χ4n) is 3.97. The molecule has 7 N–H and O–H groups in total. The molecule has 0 aliphatic carbocycles. The van der Waals surface area contributed by atoms with E-state index in [1.54, 1.807) is 20.1 Å². The number of hydrogen-bond acceptors (Lipinski definition) is 8. The molecule has 0 aromatic rings. The number of thioether (sulfide) groups is 1. The molecule has 1 aliphatic heterocycles. The summed E-state index contributed by atoms with van der Waals surface area (Å²) in [4.78, 5) is 12.9. The van der Waals surface area contributed by atoms with E-state index in [0.717, 1.165) is 37.4 Å². The maximum Gasteiger partial charge on any atom is 0.237 e. The van der Waals surface area contributed by atoms with Crippen LogP contribution in [0.5, 0.6) is 0 Å². The zero-order chi connectivity index (χ0) is 22.8. The predicted octanol–water partition coefficient (Wildman–Crippen LogP) is 0.0295. The molecule has 10 heteroatoms. The van der Waals surface area contributed by atoms with Crippen molar-refractivity contribution in [2.24, 2.45) is 11.8 Å². The van der Waals surface area contributed by atoms with Crippen molar-refractivity contribution in [2.75, 3.05) is 19.4 Å². The van der Waals surface area contributed by atoms with Crippen LogP contribution in [0.3, 0.4) is 0 Å². The van der Waals surface area contributed by atoms with E-state index < -0.39 is 41.1 Å². The predicted molar refractivity (Wildman–Crippen MR) is 119 cm³/mol. The standard InChI is InChI=1S/C20H39ClN2O6S/c1-11(16(25)17(26)18(27)20(29)30-3)15(12(2)21)23-19(28)14-7-6-13(5-4-10-24)8-9-22-14/h11-18,20,22,24-27,29H,4-10H2,1-3H3,(H,23,28)/t11-,12+,13+,14?,15+,16+,17+,18-,20-/m1/s1. The van der Waals surface area contributed by atoms with Gasteiger partial charge >= 0.3 is 0 Å². The molecule has 1 unspecified atom stereocenters. The minimum absolute atomic E-state index is 0.178. The van der Waals surface area contributed by atoms with Crippen molar-refractivity contribution in [3.8, 4) is 0 Å². The molecular formula is C20H39ClN2O6S. The average molecular weight is 471 g/mol. The van der Waals surface area contributed by atoms with Gasteiger partial charge in [-0.15, -0.1) is 23.4 Å². The summed E-state index contributed by atoms with van der Waals surface area (Å²) >= 11 is 7.24. The quantitative estimate of drug-likeness (QED) is 0.156. The zero-order valence-corrected chi connectivity index (χ0v) is 19.6. The smallest absolute Gasteiger partial charge is 0.237 e. The molecule has 1 saturated heterocycles. The zero-order valence-electron chi connectivity index (χ0n) is 18.1. The second kappa shape index (κ2) is 14.1. The molecule has 30 heavy (non-hydrogen) atoms. The van der Waals surface area contributed by atoms with Gasteiger partial charge in [-0.05, 0) is 57.7 Å². The summed E-state index contributed by atoms with van der Waals surface area (Å²) in [5, 5.41) is 55.1. The largest absolute Gasteiger partial charge is 0.396 e. The van der Waals surface area contributed by atoms with Crippen molar-refractivity contribution in [3.63, 3.8) is 0 Å². The summed E-state index contributed by atoms with van der Waals surface area (Å²) in [5.74, 6) is -0.401. The Kier molecular flexibility index (Phi) is 13.1. The lowest BCUT2D eigenvalue weighted by molar-refractivity contribution is -0.126. The van der Waals surface area contributed by atoms with Gasteiger partial charge in [0, 0.05) is 12.5 Å². The lowest BCUT2D eigenvalue weighted by Gasteiger charge is -2.35. The van der Waals surface area contributed by atoms with E-state index in [2.05, 4.69) is 10.6 Å². The molecule has 0 aromatic heterocycles. The molecule has 178 valence electrons. The van der Waals surface area contributed by atoms with E-state index >= 15 is 0 Å². The number of carbonyl (C=O) groups excluding carboxylic acids is 1. The third kappa shape index (κ3) is 8.43. The highest BCUT2D eigenvalue weighted by atomic mass is 35.5. The van der Waals surface area contributed by atoms with E-state index in [1.165, 1.54) is 0 Å². The topological polar surface area (TPSA) is 142 Å². The van der Waals surface area contributed by atoms with Crippen LogP contribution < -0.4 is 10.6 Å². The molecule has 0 saturated carbocycles. The van der Waals surface area contributed by atoms with Gasteiger partial charge in [-0.1, -0.05) is 6.92 Å². The molecule has 9 atom stereocenters. The van der Waals surface area contributed by atoms with Gasteiger partial charge in [-0.25, -0.2) is 0 Å². The van der Waals surface area contributed by atoms with E-state index in [1.807, 2.05) is 0 Å². The van der Waals surface area contributed by atoms with Crippen LogP contribution in [0, 0.1) is 11.8 Å². The number of carbonyl (C=O) groups is 1. The Labute approximate surface area is 188 Å². The lowest BCUT2D eigenvalue weighted by Crippen LogP contribution is -2.56. The monoisotopic (exact) mass is 470 g/mol. The Morgan fingerprint density at radius 1 is 1.13 bits per heavy atom. The second-order valence-electron chi connectivity index (χ2n) is 8.27. The van der Waals surface area contributed by atoms with Gasteiger partial charge in [0.2, 0.25) is 5.91 Å². The highest BCUT2D eigenvalue weighted by Gasteiger charge is 2.38. The maximum absolute atomic E-state index is 12.9. The van der Waals surface area contributed by atoms with Crippen LogP contribution in [-0.2, 0) is 4.79 Å². The molecule has 8 nitrogen and oxygen atoms in total. The van der Waals surface area contributed by atoms with Gasteiger partial charge in [0.05, 0.1) is 23.6 Å². The Morgan fingerprint density at radius 3 is 2.37 bits per heavy atom. The summed E-state index contributed by atoms with van der Waals surface area (Å²) in [7, 11) is 0. The number of halogens is 1. The number of rotatable bonds is 12. The first-order valence-corrected chi connectivity index (χ1v) is 12.4. The first-order valence-electron chi connectivity index (χ1n) is 10.7. The number of hydrogen-bond donors (Lipinski definition) is 7. The molecule has 1 aliphatic rings. The minimum atomic E-state index is -1.58. The van der Waals surface area contributed by atoms with E-state index in [0.29, 0.717) is 18.9 Å². The molecule has 0 bridgehead atoms. The van der Waals surface area contributed by atoms with Crippen LogP contribution in [0.1, 0.15) is 46.0 Å². The Hall–Kier alpha value is -0.130. The van der Waals surface area contributed by atoms with Gasteiger partial charge in [0.1, 0.15) is 17.6 Å². The van der Waals surface area contributed by atoms with Gasteiger partial charge in [0.25, 0.3) is 0 Å². The highest BCUT2D eigenvalue weighted by molar-refractivity contribution is 7.99. The van der Waals surface area contributed by atoms with Gasteiger partial charge in [0.15, 0.2) is 0 Å². The number of nitrogens with one attached hydrogen (secondary N) is 2. The van der Waals surface area contributed by atoms with E-state index in [-0.39, 0.29) is 18.6 Å². The molecule has 0 radical (unpaired) electrons. The summed E-state index contributed by atoms with van der Waals surface area (Å²) in [5.41, 5.74) is -1.24. The average Bonchev–Trinajstić information content (AvgIpc) is 2.98. The Morgan fingerprint density at radius 2 is 1.80 bits per heavy atom. The van der Waals surface area contributed by atoms with Crippen molar-refractivity contribution >= 4 is 29.3 Å². The van der Waals surface area contributed by atoms with Crippen LogP contribution in [0.4, 0.5) is 0 Å². The molecule has 0 aromatic carbocycles. The third-order valence-electron chi connectivity index (χ3n) is 6.04. The van der Waals surface area contributed by atoms with Crippen molar-refractivity contribution in [2.45, 2.75) is 87.2 Å². The van der Waals surface area contributed by atoms with Crippen LogP contribution in [0.15, 0.2) is 0 Å². The SMILES string of the molecule is CS[C@@H](O)[C@H](O)[C@@H](O)[C@@H](O)[C@H](C)[C@H](NC(=O)C1CC[C@H](CCCO)CCN1)[C@H](C)Cl. The fourth-order valence-corrected chi connectivity index (χ4v) is 4.70. The fraction of sp³-hybridized carbons (Fsp3) is 0.950. The second-order valence-corrected chi connectivity index (χ2v) is 9.92. The number of amides is 1. The first kappa shape index (κ1) is 27.9. The molecular weight excluding hydrogens is 432 g/mol. The summed E-state index contributed by atoms with van der Waals surface area (Å²) in [6.07, 6.45) is 1.30. The number of aliphatic hydroxyl groups excluding tert-OH is 5. The molecule has 1 amide bonds. The van der Waals surface area contributed by atoms with Crippen LogP contribution in [0.2, 0.25) is 0 Å². The van der Waals surface area contributed by atoms with Gasteiger partial charge < -0.3 is 36.2 Å². The van der Waals surface area contributed by atoms with E-state index in [4.69, 9.17) is 16.7 Å². The van der Waals surface area contributed by atoms with Crippen molar-refractivity contribution in [1.82, 2.24) is 10.6 Å². The van der Waals surface area contributed by atoms with Gasteiger partial charge in [-0.2, -0.15) is 0 Å². The van der Waals surface area contributed by atoms with Crippen LogP contribution >= 0.6 is 23.4 Å². The van der Waals surface area contributed by atoms with Gasteiger partial charge in [-0.3, -0.25) is 4.79 Å². The van der Waals surface area contributed by atoms with E-state index in [9.17, 15) is 25.2 Å². The first-order chi connectivity index (χ1) is 14.1. The summed E-state index contributed by atoms with van der Waals surface area (Å²) < 4.78 is 0. The van der Waals surface area contributed by atoms with Crippen molar-refractivity contribution < 1.29 is 30.3 Å². The third-order valence-corrected chi connectivity index (χ3v) is 7.07. The summed E-state index contributed by atoms with van der Waals surface area (Å²) in [6.45, 7) is 4.23. The normalized spacial score (nSPS) is 27.2. The minimum Gasteiger partial charge on any atom is -0.396 e. The molecule has 0 spiro atoms. The molecule has 1 rings (SSSR count). The number of aliphatic hydroxyl groups is 5. The van der Waals surface area contributed by atoms with Crippen LogP contribution in [0.25, 0.3) is 0 Å². The Bertz CT molecular complexity index is 504. The number of alkyl halides is 1. The van der Waals surface area contributed by atoms with Crippen molar-refractivity contribution in [1.29, 1.82) is 0 Å². The van der Waals surface area contributed by atoms with Crippen molar-refractivity contribution in [3.05, 3.63) is 0 Å². The lowest BCUT2D eigenvalue weighted by atomic mass is 9.88. The van der Waals surface area contributed by atoms with Crippen LogP contribution in [-0.4, -0.2) is 92.1 Å². The highest BCUT2D eigenvalue weighted by Crippen LogP contribution is 2.24. The molecule has 1 fully saturated rings. The summed E-state index contributed by atoms with van der Waals surface area (Å²) in [6, 6.07) is -1.02. The molecule has 1 heterocycles. The Balaban J connectivity index is 2.72. The maximum atomic E-state index is 12.9.